The van der Waals surface area contributed by atoms with Crippen molar-refractivity contribution >= 4 is 27.5 Å². The van der Waals surface area contributed by atoms with Crippen molar-refractivity contribution in [3.8, 4) is 0 Å². The third kappa shape index (κ3) is 4.41. The maximum Gasteiger partial charge on any atom is 0.255 e. The normalized spacial score (nSPS) is 10.4. The maximum absolute atomic E-state index is 12.4. The van der Waals surface area contributed by atoms with Crippen molar-refractivity contribution in [2.45, 2.75) is 20.4 Å². The first-order valence-corrected chi connectivity index (χ1v) is 7.76. The molecule has 0 aliphatic rings. The maximum atomic E-state index is 12.4. The van der Waals surface area contributed by atoms with Gasteiger partial charge in [0.05, 0.1) is 0 Å². The topological polar surface area (TPSA) is 41.1 Å². The summed E-state index contributed by atoms with van der Waals surface area (Å²) in [4.78, 5) is 12.4. The lowest BCUT2D eigenvalue weighted by Crippen LogP contribution is -2.17. The number of carbonyl (C=O) groups is 1. The van der Waals surface area contributed by atoms with Gasteiger partial charge in [0.2, 0.25) is 0 Å². The molecule has 0 aliphatic heterocycles. The molecular weight excluding hydrogens is 328 g/mol. The summed E-state index contributed by atoms with van der Waals surface area (Å²) in [6.45, 7) is 5.67. The smallest absolute Gasteiger partial charge is 0.255 e. The summed E-state index contributed by atoms with van der Waals surface area (Å²) < 4.78 is 0.911. The van der Waals surface area contributed by atoms with Gasteiger partial charge >= 0.3 is 0 Å². The van der Waals surface area contributed by atoms with Crippen molar-refractivity contribution in [3.05, 3.63) is 63.6 Å². The third-order valence-electron chi connectivity index (χ3n) is 3.14. The number of anilines is 1. The molecule has 0 spiro atoms. The van der Waals surface area contributed by atoms with Crippen molar-refractivity contribution < 1.29 is 4.79 Å². The number of benzene rings is 2. The molecule has 2 aromatic rings. The monoisotopic (exact) mass is 346 g/mol. The first kappa shape index (κ1) is 15.7. The Bertz CT molecular complexity index is 620. The van der Waals surface area contributed by atoms with Crippen molar-refractivity contribution in [1.82, 2.24) is 5.32 Å². The van der Waals surface area contributed by atoms with Gasteiger partial charge in [-0.15, -0.1) is 0 Å². The lowest BCUT2D eigenvalue weighted by molar-refractivity contribution is 0.102. The summed E-state index contributed by atoms with van der Waals surface area (Å²) in [6.07, 6.45) is 0. The Balaban J connectivity index is 2.19. The zero-order chi connectivity index (χ0) is 15.2. The molecule has 2 N–H and O–H groups in total. The van der Waals surface area contributed by atoms with Crippen LogP contribution in [0.25, 0.3) is 0 Å². The summed E-state index contributed by atoms with van der Waals surface area (Å²) in [5.41, 5.74) is 3.64. The Morgan fingerprint density at radius 2 is 1.95 bits per heavy atom. The van der Waals surface area contributed by atoms with E-state index in [1.54, 1.807) is 0 Å². The molecule has 0 heterocycles. The number of amides is 1. The molecule has 0 aromatic heterocycles. The summed E-state index contributed by atoms with van der Waals surface area (Å²) in [7, 11) is 0. The molecule has 4 heteroatoms. The molecule has 2 aromatic carbocycles. The summed E-state index contributed by atoms with van der Waals surface area (Å²) in [5.74, 6) is -0.0941. The van der Waals surface area contributed by atoms with Crippen molar-refractivity contribution in [2.24, 2.45) is 0 Å². The fraction of sp³-hybridized carbons (Fsp3) is 0.235. The van der Waals surface area contributed by atoms with Crippen LogP contribution in [0.15, 0.2) is 46.9 Å². The zero-order valence-corrected chi connectivity index (χ0v) is 13.8. The van der Waals surface area contributed by atoms with Crippen LogP contribution in [-0.2, 0) is 6.54 Å². The molecule has 1 amide bonds. The molecule has 0 unspecified atom stereocenters. The highest BCUT2D eigenvalue weighted by atomic mass is 79.9. The van der Waals surface area contributed by atoms with Crippen LogP contribution in [-0.4, -0.2) is 12.5 Å². The van der Waals surface area contributed by atoms with Crippen LogP contribution in [0.4, 0.5) is 5.69 Å². The number of rotatable bonds is 5. The number of halogens is 1. The molecule has 0 bridgehead atoms. The van der Waals surface area contributed by atoms with Crippen LogP contribution in [0, 0.1) is 6.92 Å². The van der Waals surface area contributed by atoms with Crippen LogP contribution in [0.5, 0.6) is 0 Å². The first-order chi connectivity index (χ1) is 10.1. The third-order valence-corrected chi connectivity index (χ3v) is 3.59. The highest BCUT2D eigenvalue weighted by Gasteiger charge is 2.09. The molecule has 0 atom stereocenters. The van der Waals surface area contributed by atoms with Gasteiger partial charge in [-0.25, -0.2) is 0 Å². The van der Waals surface area contributed by atoms with E-state index in [4.69, 9.17) is 0 Å². The lowest BCUT2D eigenvalue weighted by Gasteiger charge is -2.12. The van der Waals surface area contributed by atoms with Crippen molar-refractivity contribution in [1.29, 1.82) is 0 Å². The van der Waals surface area contributed by atoms with Gasteiger partial charge in [-0.2, -0.15) is 0 Å². The number of nitrogens with one attached hydrogen (secondary N) is 2. The highest BCUT2D eigenvalue weighted by Crippen LogP contribution is 2.19. The van der Waals surface area contributed by atoms with Gasteiger partial charge in [-0.3, -0.25) is 4.79 Å². The Kier molecular flexibility index (Phi) is 5.53. The van der Waals surface area contributed by atoms with Crippen LogP contribution >= 0.6 is 15.9 Å². The van der Waals surface area contributed by atoms with Crippen LogP contribution in [0.1, 0.15) is 28.4 Å². The fourth-order valence-electron chi connectivity index (χ4n) is 2.12. The van der Waals surface area contributed by atoms with Gasteiger partial charge in [0.1, 0.15) is 0 Å². The minimum Gasteiger partial charge on any atom is -0.322 e. The van der Waals surface area contributed by atoms with E-state index in [0.29, 0.717) is 5.56 Å². The van der Waals surface area contributed by atoms with E-state index in [1.165, 1.54) is 0 Å². The molecule has 21 heavy (non-hydrogen) atoms. The molecule has 110 valence electrons. The fourth-order valence-corrected chi connectivity index (χ4v) is 2.73. The van der Waals surface area contributed by atoms with Gasteiger partial charge < -0.3 is 10.6 Å². The predicted octanol–water partition coefficient (Wildman–Crippen LogP) is 4.12. The Labute approximate surface area is 133 Å². The standard InChI is InChI=1S/C17H19BrN2O/c1-3-19-11-13-6-4-5-7-16(13)20-17(21)14-8-12(2)9-15(18)10-14/h4-10,19H,3,11H2,1-2H3,(H,20,21). The Hall–Kier alpha value is -1.65. The zero-order valence-electron chi connectivity index (χ0n) is 12.2. The van der Waals surface area contributed by atoms with Gasteiger partial charge in [-0.1, -0.05) is 41.1 Å². The van der Waals surface area contributed by atoms with E-state index in [1.807, 2.05) is 49.4 Å². The molecule has 2 rings (SSSR count). The lowest BCUT2D eigenvalue weighted by atomic mass is 10.1. The number of hydrogen-bond donors (Lipinski definition) is 2. The molecule has 3 nitrogen and oxygen atoms in total. The average molecular weight is 347 g/mol. The molecule has 0 aliphatic carbocycles. The Morgan fingerprint density at radius 1 is 1.19 bits per heavy atom. The second kappa shape index (κ2) is 7.38. The van der Waals surface area contributed by atoms with E-state index in [-0.39, 0.29) is 5.91 Å². The van der Waals surface area contributed by atoms with Crippen LogP contribution in [0.3, 0.4) is 0 Å². The SMILES string of the molecule is CCNCc1ccccc1NC(=O)c1cc(C)cc(Br)c1. The predicted molar refractivity (Wildman–Crippen MR) is 90.7 cm³/mol. The minimum absolute atomic E-state index is 0.0941. The van der Waals surface area contributed by atoms with E-state index in [2.05, 4.69) is 33.5 Å². The van der Waals surface area contributed by atoms with Crippen LogP contribution < -0.4 is 10.6 Å². The van der Waals surface area contributed by atoms with Crippen molar-refractivity contribution in [2.75, 3.05) is 11.9 Å². The second-order valence-electron chi connectivity index (χ2n) is 4.91. The summed E-state index contributed by atoms with van der Waals surface area (Å²) in [6, 6.07) is 13.5. The highest BCUT2D eigenvalue weighted by molar-refractivity contribution is 9.10. The molecular formula is C17H19BrN2O. The average Bonchev–Trinajstić information content (AvgIpc) is 2.45. The molecule has 0 saturated carbocycles. The number of aryl methyl sites for hydroxylation is 1. The van der Waals surface area contributed by atoms with Crippen LogP contribution in [0.2, 0.25) is 0 Å². The van der Waals surface area contributed by atoms with Gasteiger partial charge in [0.25, 0.3) is 5.91 Å². The van der Waals surface area contributed by atoms with E-state index in [9.17, 15) is 4.79 Å². The number of hydrogen-bond acceptors (Lipinski definition) is 2. The molecule has 0 radical (unpaired) electrons. The van der Waals surface area contributed by atoms with E-state index >= 15 is 0 Å². The quantitative estimate of drug-likeness (QED) is 0.854. The summed E-state index contributed by atoms with van der Waals surface area (Å²) in [5, 5.41) is 6.27. The largest absolute Gasteiger partial charge is 0.322 e. The first-order valence-electron chi connectivity index (χ1n) is 6.97. The Morgan fingerprint density at radius 3 is 2.67 bits per heavy atom. The van der Waals surface area contributed by atoms with Gasteiger partial charge in [0.15, 0.2) is 0 Å². The molecule has 0 fully saturated rings. The summed E-state index contributed by atoms with van der Waals surface area (Å²) >= 11 is 3.43. The second-order valence-corrected chi connectivity index (χ2v) is 5.82. The van der Waals surface area contributed by atoms with Gasteiger partial charge in [-0.05, 0) is 48.9 Å². The number of carbonyl (C=O) groups excluding carboxylic acids is 1. The number of para-hydroxylation sites is 1. The van der Waals surface area contributed by atoms with E-state index < -0.39 is 0 Å². The molecule has 0 saturated heterocycles. The van der Waals surface area contributed by atoms with E-state index in [0.717, 1.165) is 34.4 Å². The van der Waals surface area contributed by atoms with Crippen molar-refractivity contribution in [3.63, 3.8) is 0 Å². The van der Waals surface area contributed by atoms with Gasteiger partial charge in [0, 0.05) is 22.3 Å². The minimum atomic E-state index is -0.0941.